The summed E-state index contributed by atoms with van der Waals surface area (Å²) in [4.78, 5) is 2.22. The molecule has 0 radical (unpaired) electrons. The van der Waals surface area contributed by atoms with Gasteiger partial charge in [0.15, 0.2) is 5.84 Å². The van der Waals surface area contributed by atoms with Crippen molar-refractivity contribution in [2.45, 2.75) is 26.3 Å². The lowest BCUT2D eigenvalue weighted by Gasteiger charge is -2.31. The summed E-state index contributed by atoms with van der Waals surface area (Å²) < 4.78 is 0. The molecule has 2 aliphatic heterocycles. The second kappa shape index (κ2) is 2.34. The van der Waals surface area contributed by atoms with Crippen molar-refractivity contribution in [1.29, 1.82) is 0 Å². The maximum Gasteiger partial charge on any atom is 0.156 e. The minimum absolute atomic E-state index is 0.0608. The average Bonchev–Trinajstić information content (AvgIpc) is 2.53. The van der Waals surface area contributed by atoms with E-state index in [1.165, 1.54) is 0 Å². The molecule has 70 valence electrons. The molecule has 0 saturated carbocycles. The van der Waals surface area contributed by atoms with Crippen LogP contribution in [0.3, 0.4) is 0 Å². The second-order valence-corrected chi connectivity index (χ2v) is 3.82. The Labute approximate surface area is 77.8 Å². The quantitative estimate of drug-likeness (QED) is 0.643. The molecule has 2 aliphatic rings. The summed E-state index contributed by atoms with van der Waals surface area (Å²) in [5.74, 6) is 0.541. The predicted molar refractivity (Wildman–Crippen MR) is 53.6 cm³/mol. The average molecular weight is 178 g/mol. The zero-order chi connectivity index (χ0) is 9.64. The Bertz CT molecular complexity index is 336. The van der Waals surface area contributed by atoms with Gasteiger partial charge >= 0.3 is 0 Å². The van der Waals surface area contributed by atoms with E-state index in [1.54, 1.807) is 0 Å². The van der Waals surface area contributed by atoms with Crippen LogP contribution in [0.2, 0.25) is 0 Å². The van der Waals surface area contributed by atoms with Crippen LogP contribution in [0.1, 0.15) is 20.8 Å². The first-order valence-corrected chi connectivity index (χ1v) is 4.48. The molecular formula is C9H14N4. The fourth-order valence-electron chi connectivity index (χ4n) is 1.85. The zero-order valence-corrected chi connectivity index (χ0v) is 8.20. The third kappa shape index (κ3) is 0.913. The van der Waals surface area contributed by atoms with Crippen LogP contribution in [0.4, 0.5) is 0 Å². The highest BCUT2D eigenvalue weighted by Gasteiger charge is 2.41. The van der Waals surface area contributed by atoms with Crippen LogP contribution in [0.15, 0.2) is 22.0 Å². The molecule has 0 aromatic rings. The maximum absolute atomic E-state index is 5.70. The van der Waals surface area contributed by atoms with Gasteiger partial charge in [-0.2, -0.15) is 5.10 Å². The summed E-state index contributed by atoms with van der Waals surface area (Å²) >= 11 is 0. The van der Waals surface area contributed by atoms with Crippen LogP contribution in [-0.4, -0.2) is 28.5 Å². The molecule has 0 aromatic heterocycles. The standard InChI is InChI=1S/C9H14N4/c1-4-13-5-6-7(9(13,2)3)11-12-8(6)10/h5H,4H2,1-3H3,(H2,10,12). The molecule has 2 heterocycles. The van der Waals surface area contributed by atoms with Gasteiger partial charge in [0.05, 0.1) is 11.1 Å². The van der Waals surface area contributed by atoms with E-state index in [-0.39, 0.29) is 5.54 Å². The number of fused-ring (bicyclic) bond motifs is 1. The molecule has 0 atom stereocenters. The zero-order valence-electron chi connectivity index (χ0n) is 8.20. The van der Waals surface area contributed by atoms with Crippen molar-refractivity contribution >= 4 is 11.5 Å². The number of nitrogens with two attached hydrogens (primary N) is 1. The van der Waals surface area contributed by atoms with Gasteiger partial charge in [-0.05, 0) is 20.8 Å². The molecule has 0 bridgehead atoms. The second-order valence-electron chi connectivity index (χ2n) is 3.82. The number of nitrogens with zero attached hydrogens (tertiary/aromatic N) is 3. The SMILES string of the molecule is CCN1C=C2C(N)=NN=C2C1(C)C. The summed E-state index contributed by atoms with van der Waals surface area (Å²) in [6, 6.07) is 0. The van der Waals surface area contributed by atoms with E-state index in [2.05, 4.69) is 35.9 Å². The van der Waals surface area contributed by atoms with Crippen molar-refractivity contribution in [2.75, 3.05) is 6.54 Å². The summed E-state index contributed by atoms with van der Waals surface area (Å²) in [6.45, 7) is 7.34. The Balaban J connectivity index is 2.43. The van der Waals surface area contributed by atoms with E-state index in [0.29, 0.717) is 5.84 Å². The van der Waals surface area contributed by atoms with Gasteiger partial charge < -0.3 is 10.6 Å². The van der Waals surface area contributed by atoms with Crippen LogP contribution in [0.5, 0.6) is 0 Å². The van der Waals surface area contributed by atoms with Crippen molar-refractivity contribution in [3.63, 3.8) is 0 Å². The van der Waals surface area contributed by atoms with E-state index in [9.17, 15) is 0 Å². The minimum atomic E-state index is -0.0608. The van der Waals surface area contributed by atoms with Gasteiger partial charge in [-0.1, -0.05) is 0 Å². The van der Waals surface area contributed by atoms with E-state index in [1.807, 2.05) is 6.20 Å². The molecule has 0 saturated heterocycles. The van der Waals surface area contributed by atoms with Crippen molar-refractivity contribution in [3.05, 3.63) is 11.8 Å². The lowest BCUT2D eigenvalue weighted by atomic mass is 9.95. The number of amidine groups is 1. The molecule has 0 aromatic carbocycles. The number of hydrogen-bond donors (Lipinski definition) is 1. The van der Waals surface area contributed by atoms with Crippen LogP contribution < -0.4 is 5.73 Å². The smallest absolute Gasteiger partial charge is 0.156 e. The minimum Gasteiger partial charge on any atom is -0.382 e. The molecule has 0 spiro atoms. The van der Waals surface area contributed by atoms with Gasteiger partial charge in [-0.15, -0.1) is 5.10 Å². The maximum atomic E-state index is 5.70. The Morgan fingerprint density at radius 1 is 1.46 bits per heavy atom. The molecule has 13 heavy (non-hydrogen) atoms. The third-order valence-corrected chi connectivity index (χ3v) is 2.71. The van der Waals surface area contributed by atoms with Crippen LogP contribution in [0, 0.1) is 0 Å². The molecule has 2 rings (SSSR count). The van der Waals surface area contributed by atoms with Gasteiger partial charge in [-0.25, -0.2) is 0 Å². The third-order valence-electron chi connectivity index (χ3n) is 2.71. The highest BCUT2D eigenvalue weighted by molar-refractivity contribution is 6.29. The number of hydrogen-bond acceptors (Lipinski definition) is 4. The van der Waals surface area contributed by atoms with Gasteiger partial charge in [-0.3, -0.25) is 0 Å². The molecule has 0 unspecified atom stereocenters. The summed E-state index contributed by atoms with van der Waals surface area (Å²) in [6.07, 6.45) is 2.05. The highest BCUT2D eigenvalue weighted by atomic mass is 15.3. The first-order valence-electron chi connectivity index (χ1n) is 4.48. The molecule has 2 N–H and O–H groups in total. The lowest BCUT2D eigenvalue weighted by Crippen LogP contribution is -2.42. The Hall–Kier alpha value is -1.32. The molecule has 4 nitrogen and oxygen atoms in total. The van der Waals surface area contributed by atoms with E-state index < -0.39 is 0 Å². The predicted octanol–water partition coefficient (Wildman–Crippen LogP) is 0.711. The lowest BCUT2D eigenvalue weighted by molar-refractivity contribution is 0.281. The summed E-state index contributed by atoms with van der Waals surface area (Å²) in [5, 5.41) is 7.97. The van der Waals surface area contributed by atoms with Crippen LogP contribution in [0.25, 0.3) is 0 Å². The van der Waals surface area contributed by atoms with E-state index >= 15 is 0 Å². The first kappa shape index (κ1) is 8.29. The van der Waals surface area contributed by atoms with Crippen LogP contribution in [-0.2, 0) is 0 Å². The molecule has 0 aliphatic carbocycles. The first-order chi connectivity index (χ1) is 6.07. The fraction of sp³-hybridized carbons (Fsp3) is 0.556. The van der Waals surface area contributed by atoms with Crippen molar-refractivity contribution < 1.29 is 0 Å². The van der Waals surface area contributed by atoms with E-state index in [0.717, 1.165) is 17.8 Å². The largest absolute Gasteiger partial charge is 0.382 e. The Morgan fingerprint density at radius 2 is 2.15 bits per heavy atom. The summed E-state index contributed by atoms with van der Waals surface area (Å²) in [5.41, 5.74) is 7.62. The van der Waals surface area contributed by atoms with Gasteiger partial charge in [0.1, 0.15) is 5.71 Å². The fourth-order valence-corrected chi connectivity index (χ4v) is 1.85. The normalized spacial score (nSPS) is 23.9. The summed E-state index contributed by atoms with van der Waals surface area (Å²) in [7, 11) is 0. The van der Waals surface area contributed by atoms with Crippen molar-refractivity contribution in [1.82, 2.24) is 4.90 Å². The Morgan fingerprint density at radius 3 is 2.69 bits per heavy atom. The van der Waals surface area contributed by atoms with Crippen molar-refractivity contribution in [2.24, 2.45) is 15.9 Å². The Kier molecular flexibility index (Phi) is 1.49. The molecule has 0 amide bonds. The van der Waals surface area contributed by atoms with Crippen LogP contribution >= 0.6 is 0 Å². The van der Waals surface area contributed by atoms with Crippen molar-refractivity contribution in [3.8, 4) is 0 Å². The van der Waals surface area contributed by atoms with Gasteiger partial charge in [0.2, 0.25) is 0 Å². The highest BCUT2D eigenvalue weighted by Crippen LogP contribution is 2.31. The molecule has 4 heteroatoms. The van der Waals surface area contributed by atoms with Gasteiger partial charge in [0, 0.05) is 12.7 Å². The topological polar surface area (TPSA) is 54.0 Å². The molecular weight excluding hydrogens is 164 g/mol. The molecule has 0 fully saturated rings. The van der Waals surface area contributed by atoms with Gasteiger partial charge in [0.25, 0.3) is 0 Å². The number of rotatable bonds is 1. The van der Waals surface area contributed by atoms with E-state index in [4.69, 9.17) is 5.73 Å². The monoisotopic (exact) mass is 178 g/mol.